The third kappa shape index (κ3) is 5.10. The molecule has 6 atom stereocenters. The van der Waals surface area contributed by atoms with Crippen LogP contribution in [0.5, 0.6) is 0 Å². The summed E-state index contributed by atoms with van der Waals surface area (Å²) in [7, 11) is 0. The maximum atomic E-state index is 14.7. The number of para-hydroxylation sites is 1. The molecule has 4 heterocycles. The highest BCUT2D eigenvalue weighted by molar-refractivity contribution is 6.34. The van der Waals surface area contributed by atoms with Crippen molar-refractivity contribution >= 4 is 41.0 Å². The first-order valence-electron chi connectivity index (χ1n) is 14.8. The fourth-order valence-electron chi connectivity index (χ4n) is 6.89. The van der Waals surface area contributed by atoms with E-state index in [-0.39, 0.29) is 38.6 Å². The molecule has 11 heteroatoms. The minimum absolute atomic E-state index is 0.0491. The van der Waals surface area contributed by atoms with Crippen LogP contribution in [0.2, 0.25) is 5.02 Å². The van der Waals surface area contributed by atoms with Gasteiger partial charge in [-0.15, -0.1) is 0 Å². The van der Waals surface area contributed by atoms with Crippen molar-refractivity contribution in [3.8, 4) is 0 Å². The molecule has 0 aliphatic carbocycles. The van der Waals surface area contributed by atoms with Crippen LogP contribution < -0.4 is 10.2 Å². The highest BCUT2D eigenvalue weighted by atomic mass is 35.5. The molecule has 0 radical (unpaired) electrons. The van der Waals surface area contributed by atoms with E-state index in [1.807, 2.05) is 37.3 Å². The summed E-state index contributed by atoms with van der Waals surface area (Å²) in [6, 6.07) is 13.2. The van der Waals surface area contributed by atoms with Gasteiger partial charge in [-0.25, -0.2) is 0 Å². The molecule has 4 aliphatic heterocycles. The van der Waals surface area contributed by atoms with Gasteiger partial charge in [0, 0.05) is 19.5 Å². The van der Waals surface area contributed by atoms with Crippen LogP contribution in [0, 0.1) is 18.8 Å². The van der Waals surface area contributed by atoms with Gasteiger partial charge in [-0.05, 0) is 30.5 Å². The summed E-state index contributed by atoms with van der Waals surface area (Å²) in [4.78, 5) is 58.3. The first kappa shape index (κ1) is 30.1. The number of β-amino-alcohol motifs (C(OH)–C–C–N with tert-alkyl or cyclic N) is 1. The summed E-state index contributed by atoms with van der Waals surface area (Å²) in [5.74, 6) is -3.88. The Morgan fingerprint density at radius 3 is 2.59 bits per heavy atom. The topological polar surface area (TPSA) is 125 Å². The van der Waals surface area contributed by atoms with Crippen molar-refractivity contribution in [2.75, 3.05) is 31.1 Å². The van der Waals surface area contributed by atoms with Crippen LogP contribution in [0.4, 0.5) is 5.69 Å². The number of hydrogen-bond donors (Lipinski definition) is 2. The molecule has 0 saturated carbocycles. The van der Waals surface area contributed by atoms with Crippen LogP contribution in [-0.2, 0) is 28.7 Å². The summed E-state index contributed by atoms with van der Waals surface area (Å²) in [6.07, 6.45) is 6.03. The molecule has 230 valence electrons. The minimum atomic E-state index is -1.45. The molecule has 2 N–H and O–H groups in total. The lowest BCUT2D eigenvalue weighted by molar-refractivity contribution is -0.159. The number of benzene rings is 2. The Labute approximate surface area is 260 Å². The summed E-state index contributed by atoms with van der Waals surface area (Å²) in [5.41, 5.74) is 0.469. The molecule has 4 aliphatic rings. The largest absolute Gasteiger partial charge is 0.455 e. The molecular weight excluding hydrogens is 586 g/mol. The third-order valence-corrected chi connectivity index (χ3v) is 9.16. The number of allylic oxidation sites excluding steroid dienone is 1. The number of cyclic esters (lactones) is 1. The van der Waals surface area contributed by atoms with E-state index in [0.717, 1.165) is 5.56 Å². The number of fused-ring (bicyclic) bond motifs is 2. The van der Waals surface area contributed by atoms with Gasteiger partial charge in [0.1, 0.15) is 23.7 Å². The van der Waals surface area contributed by atoms with E-state index in [1.54, 1.807) is 42.5 Å². The number of halogens is 1. The Bertz CT molecular complexity index is 1510. The third-order valence-electron chi connectivity index (χ3n) is 8.85. The molecule has 6 rings (SSSR count). The number of aliphatic hydroxyl groups excluding tert-OH is 1. The number of esters is 1. The zero-order valence-corrected chi connectivity index (χ0v) is 25.0. The predicted octanol–water partition coefficient (Wildman–Crippen LogP) is 2.88. The average molecular weight is 620 g/mol. The Kier molecular flexibility index (Phi) is 8.32. The number of carbonyl (C=O) groups is 4. The molecule has 2 aromatic rings. The van der Waals surface area contributed by atoms with Crippen molar-refractivity contribution in [2.45, 2.75) is 43.6 Å². The number of ether oxygens (including phenoxy) is 2. The van der Waals surface area contributed by atoms with Crippen molar-refractivity contribution in [2.24, 2.45) is 11.8 Å². The minimum Gasteiger partial charge on any atom is -0.455 e. The fraction of sp³-hybridized carbons (Fsp3) is 0.394. The molecular formula is C33H34ClN3O7. The lowest BCUT2D eigenvalue weighted by atomic mass is 9.74. The average Bonchev–Trinajstić information content (AvgIpc) is 3.65. The van der Waals surface area contributed by atoms with Gasteiger partial charge < -0.3 is 29.7 Å². The zero-order valence-electron chi connectivity index (χ0n) is 24.2. The van der Waals surface area contributed by atoms with E-state index in [1.165, 1.54) is 9.80 Å². The monoisotopic (exact) mass is 619 g/mol. The van der Waals surface area contributed by atoms with Crippen molar-refractivity contribution in [1.29, 1.82) is 0 Å². The maximum Gasteiger partial charge on any atom is 0.313 e. The lowest BCUT2D eigenvalue weighted by Gasteiger charge is -2.36. The first-order chi connectivity index (χ1) is 21.3. The lowest BCUT2D eigenvalue weighted by Crippen LogP contribution is -2.56. The molecule has 2 aromatic carbocycles. The highest BCUT2D eigenvalue weighted by Gasteiger charge is 2.73. The second-order valence-electron chi connectivity index (χ2n) is 11.5. The van der Waals surface area contributed by atoms with Gasteiger partial charge in [0.15, 0.2) is 0 Å². The SMILES string of the molecule is Cc1cccc(Cl)c1N1C/C=C\CCC(=O)NC[C@H](c2ccccc2)OC(=O)[C@@H]2[C@H]3C(=O)N(CCO)[C@H](C1=O)[C@]31C=C[C@H]2O1. The van der Waals surface area contributed by atoms with Crippen LogP contribution >= 0.6 is 11.6 Å². The molecule has 3 amide bonds. The number of anilines is 1. The molecule has 0 aromatic heterocycles. The fourth-order valence-corrected chi connectivity index (χ4v) is 7.21. The zero-order chi connectivity index (χ0) is 31.0. The van der Waals surface area contributed by atoms with Gasteiger partial charge in [0.25, 0.3) is 5.91 Å². The van der Waals surface area contributed by atoms with Crippen LogP contribution in [-0.4, -0.2) is 77.7 Å². The maximum absolute atomic E-state index is 14.7. The van der Waals surface area contributed by atoms with E-state index in [4.69, 9.17) is 21.1 Å². The first-order valence-corrected chi connectivity index (χ1v) is 15.2. The standard InChI is InChI=1S/C33H34ClN3O7/c1-20-9-8-12-22(34)28(20)36-16-7-3-6-13-25(39)35-19-24(21-10-4-2-5-11-21)43-32(42)26-23-14-15-33(44-23)27(26)30(40)37(17-18-38)29(33)31(36)41/h2-5,7-12,14-15,23-24,26-27,29,38H,6,13,16-19H2,1H3,(H,35,39)/b7-3-/t23-,24-,26+,27+,29-,33+/m1/s1. The van der Waals surface area contributed by atoms with Crippen molar-refractivity contribution in [3.05, 3.63) is 89.0 Å². The van der Waals surface area contributed by atoms with Crippen molar-refractivity contribution in [3.63, 3.8) is 0 Å². The molecule has 5 bridgehead atoms. The number of nitrogens with zero attached hydrogens (tertiary/aromatic N) is 2. The van der Waals surface area contributed by atoms with Crippen LogP contribution in [0.15, 0.2) is 72.8 Å². The Morgan fingerprint density at radius 1 is 1.05 bits per heavy atom. The van der Waals surface area contributed by atoms with Crippen LogP contribution in [0.3, 0.4) is 0 Å². The van der Waals surface area contributed by atoms with E-state index < -0.39 is 53.5 Å². The van der Waals surface area contributed by atoms with E-state index in [0.29, 0.717) is 22.7 Å². The molecule has 44 heavy (non-hydrogen) atoms. The number of carbonyl (C=O) groups excluding carboxylic acids is 4. The van der Waals surface area contributed by atoms with Gasteiger partial charge in [-0.1, -0.05) is 78.4 Å². The summed E-state index contributed by atoms with van der Waals surface area (Å²) < 4.78 is 12.4. The second-order valence-corrected chi connectivity index (χ2v) is 11.9. The van der Waals surface area contributed by atoms with Gasteiger partial charge in [0.05, 0.1) is 35.9 Å². The number of likely N-dealkylation sites (tertiary alicyclic amines) is 1. The van der Waals surface area contributed by atoms with Gasteiger partial charge in [-0.2, -0.15) is 0 Å². The number of amides is 3. The molecule has 1 spiro atoms. The Balaban J connectivity index is 1.44. The molecule has 2 fully saturated rings. The van der Waals surface area contributed by atoms with Gasteiger partial charge in [-0.3, -0.25) is 19.2 Å². The molecule has 2 saturated heterocycles. The summed E-state index contributed by atoms with van der Waals surface area (Å²) in [6.45, 7) is 1.48. The van der Waals surface area contributed by atoms with Crippen LogP contribution in [0.1, 0.15) is 30.1 Å². The second kappa shape index (κ2) is 12.2. The van der Waals surface area contributed by atoms with Crippen molar-refractivity contribution in [1.82, 2.24) is 10.2 Å². The normalized spacial score (nSPS) is 31.2. The Hall–Kier alpha value is -3.99. The molecule has 0 unspecified atom stereocenters. The van der Waals surface area contributed by atoms with E-state index >= 15 is 0 Å². The number of nitrogens with one attached hydrogen (secondary N) is 1. The van der Waals surface area contributed by atoms with E-state index in [9.17, 15) is 24.3 Å². The highest BCUT2D eigenvalue weighted by Crippen LogP contribution is 2.56. The van der Waals surface area contributed by atoms with Crippen LogP contribution in [0.25, 0.3) is 0 Å². The molecule has 10 nitrogen and oxygen atoms in total. The quantitative estimate of drug-likeness (QED) is 0.398. The number of hydrogen-bond acceptors (Lipinski definition) is 7. The number of aliphatic hydroxyl groups is 1. The van der Waals surface area contributed by atoms with Gasteiger partial charge in [0.2, 0.25) is 11.8 Å². The summed E-state index contributed by atoms with van der Waals surface area (Å²) in [5, 5.41) is 13.2. The predicted molar refractivity (Wildman–Crippen MR) is 162 cm³/mol. The van der Waals surface area contributed by atoms with E-state index in [2.05, 4.69) is 5.32 Å². The number of rotatable bonds is 4. The smallest absolute Gasteiger partial charge is 0.313 e. The Morgan fingerprint density at radius 2 is 1.84 bits per heavy atom. The number of aryl methyl sites for hydroxylation is 1. The van der Waals surface area contributed by atoms with Gasteiger partial charge >= 0.3 is 5.97 Å². The van der Waals surface area contributed by atoms with Crippen molar-refractivity contribution < 1.29 is 33.8 Å². The summed E-state index contributed by atoms with van der Waals surface area (Å²) >= 11 is 6.65.